The average Bonchev–Trinajstić information content (AvgIpc) is 2.27. The van der Waals surface area contributed by atoms with Crippen LogP contribution < -0.4 is 4.74 Å². The summed E-state index contributed by atoms with van der Waals surface area (Å²) in [4.78, 5) is -0.347. The molecule has 108 valence electrons. The van der Waals surface area contributed by atoms with Crippen LogP contribution in [0, 0.1) is 0 Å². The zero-order valence-corrected chi connectivity index (χ0v) is 11.9. The van der Waals surface area contributed by atoms with E-state index in [4.69, 9.17) is 0 Å². The van der Waals surface area contributed by atoms with Gasteiger partial charge in [0.05, 0.1) is 4.90 Å². The van der Waals surface area contributed by atoms with E-state index >= 15 is 0 Å². The van der Waals surface area contributed by atoms with Crippen LogP contribution in [0.25, 0.3) is 0 Å². The van der Waals surface area contributed by atoms with Gasteiger partial charge in [-0.05, 0) is 36.2 Å². The van der Waals surface area contributed by atoms with Gasteiger partial charge in [0.1, 0.15) is 5.75 Å². The molecule has 1 nitrogen and oxygen atoms in total. The number of halogens is 6. The summed E-state index contributed by atoms with van der Waals surface area (Å²) in [6.07, 6.45) is 0.972. The van der Waals surface area contributed by atoms with Crippen molar-refractivity contribution < 1.29 is 26.7 Å². The summed E-state index contributed by atoms with van der Waals surface area (Å²) >= 11 is 2.72. The molecular formula is C11H10BrF5OS. The second kappa shape index (κ2) is 7.33. The van der Waals surface area contributed by atoms with Gasteiger partial charge in [0.15, 0.2) is 0 Å². The predicted octanol–water partition coefficient (Wildman–Crippen LogP) is 5.23. The second-order valence-corrected chi connectivity index (χ2v) is 5.36. The minimum atomic E-state index is -4.55. The lowest BCUT2D eigenvalue weighted by atomic mass is 10.1. The number of alkyl halides is 6. The van der Waals surface area contributed by atoms with E-state index in [0.29, 0.717) is 23.7 Å². The van der Waals surface area contributed by atoms with Crippen LogP contribution in [0.3, 0.4) is 0 Å². The Morgan fingerprint density at radius 3 is 2.47 bits per heavy atom. The topological polar surface area (TPSA) is 9.23 Å². The molecule has 0 atom stereocenters. The van der Waals surface area contributed by atoms with Gasteiger partial charge < -0.3 is 4.74 Å². The first kappa shape index (κ1) is 16.6. The molecule has 0 aliphatic rings. The Kier molecular flexibility index (Phi) is 6.38. The van der Waals surface area contributed by atoms with Crippen molar-refractivity contribution in [2.75, 3.05) is 5.33 Å². The van der Waals surface area contributed by atoms with Gasteiger partial charge in [0.2, 0.25) is 0 Å². The molecule has 1 aromatic rings. The number of benzene rings is 1. The summed E-state index contributed by atoms with van der Waals surface area (Å²) in [7, 11) is 0. The number of hydrogen-bond acceptors (Lipinski definition) is 2. The van der Waals surface area contributed by atoms with Crippen LogP contribution in [-0.2, 0) is 6.42 Å². The Balaban J connectivity index is 3.06. The molecule has 0 fully saturated rings. The van der Waals surface area contributed by atoms with Crippen molar-refractivity contribution in [3.05, 3.63) is 23.8 Å². The van der Waals surface area contributed by atoms with Crippen LogP contribution in [0.5, 0.6) is 5.75 Å². The lowest BCUT2D eigenvalue weighted by molar-refractivity contribution is -0.0533. The third-order valence-corrected chi connectivity index (χ3v) is 3.41. The van der Waals surface area contributed by atoms with Crippen LogP contribution >= 0.6 is 27.7 Å². The van der Waals surface area contributed by atoms with Crippen molar-refractivity contribution in [2.24, 2.45) is 0 Å². The second-order valence-electron chi connectivity index (χ2n) is 3.46. The van der Waals surface area contributed by atoms with Crippen molar-refractivity contribution in [2.45, 2.75) is 29.9 Å². The Morgan fingerprint density at radius 2 is 1.95 bits per heavy atom. The maximum absolute atomic E-state index is 12.4. The quantitative estimate of drug-likeness (QED) is 0.388. The fraction of sp³-hybridized carbons (Fsp3) is 0.455. The maximum Gasteiger partial charge on any atom is 0.446 e. The molecule has 19 heavy (non-hydrogen) atoms. The van der Waals surface area contributed by atoms with Gasteiger partial charge in [0, 0.05) is 5.33 Å². The summed E-state index contributed by atoms with van der Waals surface area (Å²) in [6, 6.07) is 4.00. The van der Waals surface area contributed by atoms with Gasteiger partial charge in [-0.1, -0.05) is 28.1 Å². The Bertz CT molecular complexity index is 411. The van der Waals surface area contributed by atoms with E-state index in [1.54, 1.807) is 0 Å². The van der Waals surface area contributed by atoms with E-state index < -0.39 is 23.9 Å². The summed E-state index contributed by atoms with van der Waals surface area (Å²) < 4.78 is 65.9. The van der Waals surface area contributed by atoms with Crippen molar-refractivity contribution in [3.63, 3.8) is 0 Å². The Labute approximate surface area is 119 Å². The number of aryl methyl sites for hydroxylation is 1. The molecule has 0 saturated carbocycles. The zero-order chi connectivity index (χ0) is 14.5. The number of ether oxygens (including phenoxy) is 1. The van der Waals surface area contributed by atoms with Gasteiger partial charge >= 0.3 is 12.1 Å². The van der Waals surface area contributed by atoms with Crippen LogP contribution in [0.1, 0.15) is 12.0 Å². The largest absolute Gasteiger partial charge is 0.446 e. The van der Waals surface area contributed by atoms with E-state index in [1.807, 2.05) is 0 Å². The maximum atomic E-state index is 12.4. The molecule has 0 unspecified atom stereocenters. The van der Waals surface area contributed by atoms with Gasteiger partial charge in [-0.2, -0.15) is 22.0 Å². The zero-order valence-electron chi connectivity index (χ0n) is 9.52. The molecule has 0 heterocycles. The molecule has 1 rings (SSSR count). The lowest BCUT2D eigenvalue weighted by Crippen LogP contribution is -2.08. The molecule has 0 aliphatic carbocycles. The molecular weight excluding hydrogens is 355 g/mol. The van der Waals surface area contributed by atoms with E-state index in [0.717, 1.165) is 6.07 Å². The Hall–Kier alpha value is -0.500. The smallest absolute Gasteiger partial charge is 0.433 e. The lowest BCUT2D eigenvalue weighted by Gasteiger charge is -2.15. The van der Waals surface area contributed by atoms with Gasteiger partial charge in [-0.15, -0.1) is 0 Å². The van der Waals surface area contributed by atoms with Crippen molar-refractivity contribution in [1.29, 1.82) is 0 Å². The summed E-state index contributed by atoms with van der Waals surface area (Å²) in [5, 5.41) is 0.623. The fourth-order valence-corrected chi connectivity index (χ4v) is 2.39. The molecule has 0 spiro atoms. The van der Waals surface area contributed by atoms with Crippen molar-refractivity contribution in [3.8, 4) is 5.75 Å². The van der Waals surface area contributed by atoms with E-state index in [-0.39, 0.29) is 10.6 Å². The summed E-state index contributed by atoms with van der Waals surface area (Å²) in [6.45, 7) is -3.15. The number of rotatable bonds is 6. The third-order valence-electron chi connectivity index (χ3n) is 2.07. The SMILES string of the molecule is FC(F)Oc1c(CCCBr)cccc1SC(F)(F)F. The summed E-state index contributed by atoms with van der Waals surface area (Å²) in [5.74, 6) is -0.388. The van der Waals surface area contributed by atoms with Crippen molar-refractivity contribution >= 4 is 27.7 Å². The highest BCUT2D eigenvalue weighted by Crippen LogP contribution is 2.43. The molecule has 0 N–H and O–H groups in total. The van der Waals surface area contributed by atoms with E-state index in [1.165, 1.54) is 12.1 Å². The van der Waals surface area contributed by atoms with Crippen LogP contribution in [0.2, 0.25) is 0 Å². The Morgan fingerprint density at radius 1 is 1.26 bits per heavy atom. The molecule has 1 aromatic carbocycles. The highest BCUT2D eigenvalue weighted by molar-refractivity contribution is 9.09. The minimum absolute atomic E-state index is 0.342. The molecule has 0 aliphatic heterocycles. The summed E-state index contributed by atoms with van der Waals surface area (Å²) in [5.41, 5.74) is -4.21. The molecule has 8 heteroatoms. The monoisotopic (exact) mass is 364 g/mol. The normalized spacial score (nSPS) is 11.9. The van der Waals surface area contributed by atoms with Gasteiger partial charge in [-0.3, -0.25) is 0 Å². The standard InChI is InChI=1S/C11H10BrF5OS/c12-6-2-4-7-3-1-5-8(19-11(15,16)17)9(7)18-10(13)14/h1,3,5,10H,2,4,6H2. The molecule has 0 aromatic heterocycles. The van der Waals surface area contributed by atoms with Crippen LogP contribution in [0.4, 0.5) is 22.0 Å². The average molecular weight is 365 g/mol. The number of thioether (sulfide) groups is 1. The third kappa shape index (κ3) is 5.99. The highest BCUT2D eigenvalue weighted by Gasteiger charge is 2.31. The minimum Gasteiger partial charge on any atom is -0.433 e. The fourth-order valence-electron chi connectivity index (χ4n) is 1.44. The number of para-hydroxylation sites is 1. The van der Waals surface area contributed by atoms with E-state index in [2.05, 4.69) is 20.7 Å². The molecule has 0 bridgehead atoms. The first-order valence-corrected chi connectivity index (χ1v) is 7.15. The molecule has 0 radical (unpaired) electrons. The molecule has 0 saturated heterocycles. The first-order valence-electron chi connectivity index (χ1n) is 5.22. The van der Waals surface area contributed by atoms with E-state index in [9.17, 15) is 22.0 Å². The van der Waals surface area contributed by atoms with Crippen LogP contribution in [0.15, 0.2) is 23.1 Å². The van der Waals surface area contributed by atoms with Gasteiger partial charge in [0.25, 0.3) is 0 Å². The van der Waals surface area contributed by atoms with Crippen molar-refractivity contribution in [1.82, 2.24) is 0 Å². The highest BCUT2D eigenvalue weighted by atomic mass is 79.9. The van der Waals surface area contributed by atoms with Gasteiger partial charge in [-0.25, -0.2) is 0 Å². The van der Waals surface area contributed by atoms with Crippen LogP contribution in [-0.4, -0.2) is 17.4 Å². The predicted molar refractivity (Wildman–Crippen MR) is 67.1 cm³/mol. The molecule has 0 amide bonds. The number of hydrogen-bond donors (Lipinski definition) is 0. The first-order chi connectivity index (χ1) is 8.83.